The lowest BCUT2D eigenvalue weighted by Crippen LogP contribution is -2.19. The van der Waals surface area contributed by atoms with Gasteiger partial charge in [-0.15, -0.1) is 12.1 Å². The molecule has 12 heavy (non-hydrogen) atoms. The van der Waals surface area contributed by atoms with E-state index >= 15 is 0 Å². The van der Waals surface area contributed by atoms with Crippen LogP contribution in [-0.4, -0.2) is 19.3 Å². The van der Waals surface area contributed by atoms with E-state index in [1.807, 2.05) is 6.92 Å². The van der Waals surface area contributed by atoms with Crippen molar-refractivity contribution < 1.29 is 5.11 Å². The van der Waals surface area contributed by atoms with Crippen molar-refractivity contribution in [2.75, 3.05) is 0 Å². The predicted octanol–water partition coefficient (Wildman–Crippen LogP) is 2.05. The predicted molar refractivity (Wildman–Crippen MR) is 56.5 cm³/mol. The summed E-state index contributed by atoms with van der Waals surface area (Å²) < 4.78 is 0. The molecule has 0 aromatic heterocycles. The average Bonchev–Trinajstić information content (AvgIpc) is 1.97. The molecule has 0 saturated carbocycles. The van der Waals surface area contributed by atoms with Crippen LogP contribution in [0.1, 0.15) is 6.92 Å². The second-order valence-corrected chi connectivity index (χ2v) is 8.81. The van der Waals surface area contributed by atoms with Crippen molar-refractivity contribution in [1.29, 1.82) is 0 Å². The van der Waals surface area contributed by atoms with Gasteiger partial charge in [-0.25, -0.2) is 0 Å². The van der Waals surface area contributed by atoms with Crippen molar-refractivity contribution in [1.82, 2.24) is 0 Å². The highest BCUT2D eigenvalue weighted by Gasteiger charge is 2.10. The molecule has 0 aliphatic rings. The molecule has 0 radical (unpaired) electrons. The molecule has 2 heteroatoms. The van der Waals surface area contributed by atoms with Crippen LogP contribution in [0.5, 0.6) is 0 Å². The smallest absolute Gasteiger partial charge is 0.129 e. The highest BCUT2D eigenvalue weighted by Crippen LogP contribution is 2.03. The fourth-order valence-corrected chi connectivity index (χ4v) is 1.13. The van der Waals surface area contributed by atoms with Gasteiger partial charge in [0.1, 0.15) is 14.2 Å². The molecule has 0 saturated heterocycles. The van der Waals surface area contributed by atoms with Crippen LogP contribution in [0, 0.1) is 17.4 Å². The Kier molecular flexibility index (Phi) is 4.29. The van der Waals surface area contributed by atoms with Crippen LogP contribution in [0.2, 0.25) is 19.6 Å². The maximum atomic E-state index is 9.46. The van der Waals surface area contributed by atoms with Crippen LogP contribution in [0.4, 0.5) is 0 Å². The maximum absolute atomic E-state index is 9.46. The highest BCUT2D eigenvalue weighted by molar-refractivity contribution is 6.83. The van der Waals surface area contributed by atoms with Crippen LogP contribution in [0.3, 0.4) is 0 Å². The van der Waals surface area contributed by atoms with Crippen LogP contribution in [-0.2, 0) is 0 Å². The van der Waals surface area contributed by atoms with Crippen LogP contribution < -0.4 is 0 Å². The van der Waals surface area contributed by atoms with Gasteiger partial charge in [0.05, 0.1) is 0 Å². The molecule has 68 valence electrons. The Morgan fingerprint density at radius 3 is 2.25 bits per heavy atom. The van der Waals surface area contributed by atoms with Gasteiger partial charge in [-0.2, -0.15) is 0 Å². The van der Waals surface area contributed by atoms with Gasteiger partial charge in [0.15, 0.2) is 0 Å². The van der Waals surface area contributed by atoms with E-state index in [9.17, 15) is 5.11 Å². The van der Waals surface area contributed by atoms with Gasteiger partial charge in [-0.3, -0.25) is 0 Å². The normalized spacial score (nSPS) is 15.8. The zero-order valence-electron chi connectivity index (χ0n) is 8.39. The maximum Gasteiger partial charge on any atom is 0.129 e. The monoisotopic (exact) mass is 182 g/mol. The Labute approximate surface area is 76.5 Å². The summed E-state index contributed by atoms with van der Waals surface area (Å²) in [5, 5.41) is 9.46. The third-order valence-electron chi connectivity index (χ3n) is 1.46. The summed E-state index contributed by atoms with van der Waals surface area (Å²) in [7, 11) is -1.33. The lowest BCUT2D eigenvalue weighted by Gasteiger charge is -2.09. The molecule has 2 atom stereocenters. The Morgan fingerprint density at radius 1 is 1.42 bits per heavy atom. The van der Waals surface area contributed by atoms with E-state index in [0.717, 1.165) is 0 Å². The van der Waals surface area contributed by atoms with Crippen LogP contribution in [0.15, 0.2) is 12.7 Å². The summed E-state index contributed by atoms with van der Waals surface area (Å²) in [6.45, 7) is 12.0. The van der Waals surface area contributed by atoms with Crippen molar-refractivity contribution in [2.45, 2.75) is 32.7 Å². The van der Waals surface area contributed by atoms with E-state index in [4.69, 9.17) is 0 Å². The van der Waals surface area contributed by atoms with Gasteiger partial charge < -0.3 is 5.11 Å². The molecule has 0 aliphatic heterocycles. The zero-order chi connectivity index (χ0) is 9.78. The molecule has 0 fully saturated rings. The SMILES string of the molecule is C=CC(C)C(O)C#C[Si](C)(C)C. The molecule has 2 unspecified atom stereocenters. The molecule has 0 spiro atoms. The van der Waals surface area contributed by atoms with Gasteiger partial charge >= 0.3 is 0 Å². The van der Waals surface area contributed by atoms with E-state index in [1.54, 1.807) is 6.08 Å². The van der Waals surface area contributed by atoms with Crippen molar-refractivity contribution in [3.8, 4) is 11.5 Å². The topological polar surface area (TPSA) is 20.2 Å². The summed E-state index contributed by atoms with van der Waals surface area (Å²) in [6.07, 6.45) is 1.18. The molecule has 0 rings (SSSR count). The summed E-state index contributed by atoms with van der Waals surface area (Å²) in [5.41, 5.74) is 3.13. The third kappa shape index (κ3) is 5.17. The van der Waals surface area contributed by atoms with Crippen LogP contribution in [0.25, 0.3) is 0 Å². The Bertz CT molecular complexity index is 204. The van der Waals surface area contributed by atoms with Gasteiger partial charge in [0.25, 0.3) is 0 Å². The molecule has 1 nitrogen and oxygen atoms in total. The second-order valence-electron chi connectivity index (χ2n) is 4.06. The van der Waals surface area contributed by atoms with E-state index < -0.39 is 14.2 Å². The lowest BCUT2D eigenvalue weighted by molar-refractivity contribution is 0.195. The van der Waals surface area contributed by atoms with Gasteiger partial charge in [0.2, 0.25) is 0 Å². The molecule has 0 heterocycles. The van der Waals surface area contributed by atoms with Gasteiger partial charge in [0, 0.05) is 5.92 Å². The Balaban J connectivity index is 4.22. The summed E-state index contributed by atoms with van der Waals surface area (Å²) in [6, 6.07) is 0. The molecule has 1 N–H and O–H groups in total. The van der Waals surface area contributed by atoms with E-state index in [-0.39, 0.29) is 5.92 Å². The molecule has 0 bridgehead atoms. The first-order chi connectivity index (χ1) is 5.37. The second kappa shape index (κ2) is 4.49. The first-order valence-corrected chi connectivity index (χ1v) is 7.70. The van der Waals surface area contributed by atoms with Crippen LogP contribution >= 0.6 is 0 Å². The summed E-state index contributed by atoms with van der Waals surface area (Å²) in [4.78, 5) is 0. The molecule has 0 aromatic carbocycles. The largest absolute Gasteiger partial charge is 0.380 e. The summed E-state index contributed by atoms with van der Waals surface area (Å²) in [5.74, 6) is 2.93. The van der Waals surface area contributed by atoms with E-state index in [0.29, 0.717) is 0 Å². The lowest BCUT2D eigenvalue weighted by atomic mass is 10.1. The molecular formula is C10H18OSi. The Morgan fingerprint density at radius 2 is 1.92 bits per heavy atom. The number of aliphatic hydroxyl groups is 1. The number of hydrogen-bond acceptors (Lipinski definition) is 1. The molecule has 0 aliphatic carbocycles. The van der Waals surface area contributed by atoms with E-state index in [2.05, 4.69) is 37.7 Å². The van der Waals surface area contributed by atoms with Crippen molar-refractivity contribution in [3.63, 3.8) is 0 Å². The average molecular weight is 182 g/mol. The van der Waals surface area contributed by atoms with Crippen molar-refractivity contribution >= 4 is 8.07 Å². The van der Waals surface area contributed by atoms with Crippen molar-refractivity contribution in [3.05, 3.63) is 12.7 Å². The summed E-state index contributed by atoms with van der Waals surface area (Å²) >= 11 is 0. The number of rotatable bonds is 2. The minimum atomic E-state index is -1.33. The van der Waals surface area contributed by atoms with Crippen molar-refractivity contribution in [2.24, 2.45) is 5.92 Å². The molecular weight excluding hydrogens is 164 g/mol. The highest BCUT2D eigenvalue weighted by atomic mass is 28.3. The standard InChI is InChI=1S/C10H18OSi/c1-6-9(2)10(11)7-8-12(3,4)5/h6,9-11H,1H2,2-5H3. The molecule has 0 aromatic rings. The first-order valence-electron chi connectivity index (χ1n) is 4.20. The fraction of sp³-hybridized carbons (Fsp3) is 0.600. The number of hydrogen-bond donors (Lipinski definition) is 1. The van der Waals surface area contributed by atoms with Gasteiger partial charge in [-0.05, 0) is 0 Å². The van der Waals surface area contributed by atoms with Gasteiger partial charge in [-0.1, -0.05) is 38.6 Å². The Hall–Kier alpha value is -0.523. The fourth-order valence-electron chi connectivity index (χ4n) is 0.551. The quantitative estimate of drug-likeness (QED) is 0.394. The zero-order valence-corrected chi connectivity index (χ0v) is 9.39. The van der Waals surface area contributed by atoms with E-state index in [1.165, 1.54) is 0 Å². The minimum absolute atomic E-state index is 0.0637. The first kappa shape index (κ1) is 11.5. The molecule has 0 amide bonds. The third-order valence-corrected chi connectivity index (χ3v) is 2.36. The minimum Gasteiger partial charge on any atom is -0.380 e. The number of aliphatic hydroxyl groups excluding tert-OH is 1.